The van der Waals surface area contributed by atoms with Crippen molar-refractivity contribution in [1.82, 2.24) is 0 Å². The number of halogens is 1. The largest absolute Gasteiger partial charge is 0.493 e. The third-order valence-electron chi connectivity index (χ3n) is 2.06. The Morgan fingerprint density at radius 2 is 2.00 bits per heavy atom. The Kier molecular flexibility index (Phi) is 4.42. The van der Waals surface area contributed by atoms with Crippen LogP contribution in [0, 0.1) is 0 Å². The van der Waals surface area contributed by atoms with E-state index in [2.05, 4.69) is 15.9 Å². The van der Waals surface area contributed by atoms with Crippen LogP contribution in [0.3, 0.4) is 0 Å². The SMILES string of the molecule is COc1cc(Br)cc(CC(C)N)c1OC. The zero-order valence-electron chi connectivity index (χ0n) is 9.21. The van der Waals surface area contributed by atoms with Crippen molar-refractivity contribution in [2.45, 2.75) is 19.4 Å². The van der Waals surface area contributed by atoms with Gasteiger partial charge in [0, 0.05) is 16.1 Å². The molecule has 1 aromatic carbocycles. The Morgan fingerprint density at radius 1 is 1.33 bits per heavy atom. The number of methoxy groups -OCH3 is 2. The normalized spacial score (nSPS) is 12.3. The van der Waals surface area contributed by atoms with Gasteiger partial charge in [0.1, 0.15) is 0 Å². The Morgan fingerprint density at radius 3 is 2.47 bits per heavy atom. The minimum atomic E-state index is 0.0953. The lowest BCUT2D eigenvalue weighted by Crippen LogP contribution is -2.18. The van der Waals surface area contributed by atoms with Crippen molar-refractivity contribution in [3.8, 4) is 11.5 Å². The first-order valence-electron chi connectivity index (χ1n) is 4.74. The highest BCUT2D eigenvalue weighted by Crippen LogP contribution is 2.35. The molecule has 0 aliphatic carbocycles. The summed E-state index contributed by atoms with van der Waals surface area (Å²) in [6, 6.07) is 3.98. The summed E-state index contributed by atoms with van der Waals surface area (Å²) >= 11 is 3.43. The fourth-order valence-electron chi connectivity index (χ4n) is 1.50. The summed E-state index contributed by atoms with van der Waals surface area (Å²) in [4.78, 5) is 0. The van der Waals surface area contributed by atoms with Crippen molar-refractivity contribution in [1.29, 1.82) is 0 Å². The second-order valence-corrected chi connectivity index (χ2v) is 4.40. The highest BCUT2D eigenvalue weighted by molar-refractivity contribution is 9.10. The maximum absolute atomic E-state index is 5.78. The standard InChI is InChI=1S/C11H16BrNO2/c1-7(13)4-8-5-9(12)6-10(14-2)11(8)15-3/h5-7H,4,13H2,1-3H3. The fraction of sp³-hybridized carbons (Fsp3) is 0.455. The maximum atomic E-state index is 5.78. The van der Waals surface area contributed by atoms with Gasteiger partial charge in [-0.2, -0.15) is 0 Å². The summed E-state index contributed by atoms with van der Waals surface area (Å²) in [5, 5.41) is 0. The summed E-state index contributed by atoms with van der Waals surface area (Å²) in [6.07, 6.45) is 0.763. The molecule has 0 saturated carbocycles. The molecule has 1 rings (SSSR count). The third kappa shape index (κ3) is 3.11. The first-order valence-corrected chi connectivity index (χ1v) is 5.53. The van der Waals surface area contributed by atoms with E-state index < -0.39 is 0 Å². The molecule has 3 nitrogen and oxygen atoms in total. The van der Waals surface area contributed by atoms with Gasteiger partial charge in [-0.05, 0) is 25.5 Å². The topological polar surface area (TPSA) is 44.5 Å². The van der Waals surface area contributed by atoms with E-state index >= 15 is 0 Å². The van der Waals surface area contributed by atoms with Crippen molar-refractivity contribution in [3.63, 3.8) is 0 Å². The summed E-state index contributed by atoms with van der Waals surface area (Å²) in [7, 11) is 3.26. The van der Waals surface area contributed by atoms with Crippen molar-refractivity contribution < 1.29 is 9.47 Å². The van der Waals surface area contributed by atoms with E-state index in [1.165, 1.54) is 0 Å². The highest BCUT2D eigenvalue weighted by Gasteiger charge is 2.12. The predicted molar refractivity (Wildman–Crippen MR) is 64.6 cm³/mol. The molecule has 1 aromatic rings. The summed E-state index contributed by atoms with van der Waals surface area (Å²) in [6.45, 7) is 1.97. The molecule has 0 aromatic heterocycles. The van der Waals surface area contributed by atoms with E-state index in [-0.39, 0.29) is 6.04 Å². The average Bonchev–Trinajstić information content (AvgIpc) is 2.15. The smallest absolute Gasteiger partial charge is 0.164 e. The van der Waals surface area contributed by atoms with Crippen LogP contribution in [0.2, 0.25) is 0 Å². The van der Waals surface area contributed by atoms with Gasteiger partial charge >= 0.3 is 0 Å². The summed E-state index contributed by atoms with van der Waals surface area (Å²) in [5.74, 6) is 1.49. The van der Waals surface area contributed by atoms with E-state index in [0.717, 1.165) is 28.0 Å². The molecule has 0 radical (unpaired) electrons. The van der Waals surface area contributed by atoms with Gasteiger partial charge in [-0.15, -0.1) is 0 Å². The number of nitrogens with two attached hydrogens (primary N) is 1. The van der Waals surface area contributed by atoms with Crippen molar-refractivity contribution in [2.24, 2.45) is 5.73 Å². The highest BCUT2D eigenvalue weighted by atomic mass is 79.9. The van der Waals surface area contributed by atoms with E-state index in [0.29, 0.717) is 0 Å². The van der Waals surface area contributed by atoms with Gasteiger partial charge in [-0.25, -0.2) is 0 Å². The monoisotopic (exact) mass is 273 g/mol. The Bertz CT molecular complexity index is 340. The van der Waals surface area contributed by atoms with Crippen LogP contribution in [0.25, 0.3) is 0 Å². The molecular weight excluding hydrogens is 258 g/mol. The molecule has 0 aliphatic rings. The van der Waals surface area contributed by atoms with E-state index in [1.54, 1.807) is 14.2 Å². The number of hydrogen-bond donors (Lipinski definition) is 1. The second kappa shape index (κ2) is 5.37. The number of ether oxygens (including phenoxy) is 2. The van der Waals surface area contributed by atoms with E-state index in [1.807, 2.05) is 19.1 Å². The molecule has 1 atom stereocenters. The molecule has 0 saturated heterocycles. The van der Waals surface area contributed by atoms with Gasteiger partial charge in [-0.1, -0.05) is 15.9 Å². The lowest BCUT2D eigenvalue weighted by molar-refractivity contribution is 0.351. The lowest BCUT2D eigenvalue weighted by atomic mass is 10.1. The van der Waals surface area contributed by atoms with Crippen LogP contribution in [0.5, 0.6) is 11.5 Å². The molecule has 84 valence electrons. The molecule has 15 heavy (non-hydrogen) atoms. The minimum Gasteiger partial charge on any atom is -0.493 e. The predicted octanol–water partition coefficient (Wildman–Crippen LogP) is 2.36. The molecule has 1 unspecified atom stereocenters. The molecule has 0 heterocycles. The molecule has 0 spiro atoms. The zero-order chi connectivity index (χ0) is 11.4. The van der Waals surface area contributed by atoms with Gasteiger partial charge in [0.25, 0.3) is 0 Å². The van der Waals surface area contributed by atoms with Crippen LogP contribution in [-0.4, -0.2) is 20.3 Å². The van der Waals surface area contributed by atoms with Crippen LogP contribution in [0.15, 0.2) is 16.6 Å². The van der Waals surface area contributed by atoms with Crippen molar-refractivity contribution in [3.05, 3.63) is 22.2 Å². The molecule has 0 aliphatic heterocycles. The molecule has 2 N–H and O–H groups in total. The first kappa shape index (κ1) is 12.3. The quantitative estimate of drug-likeness (QED) is 0.916. The molecular formula is C11H16BrNO2. The summed E-state index contributed by atoms with van der Waals surface area (Å²) in [5.41, 5.74) is 6.83. The van der Waals surface area contributed by atoms with Crippen molar-refractivity contribution >= 4 is 15.9 Å². The van der Waals surface area contributed by atoms with E-state index in [9.17, 15) is 0 Å². The number of hydrogen-bond acceptors (Lipinski definition) is 3. The maximum Gasteiger partial charge on any atom is 0.164 e. The summed E-state index contributed by atoms with van der Waals surface area (Å²) < 4.78 is 11.5. The van der Waals surface area contributed by atoms with Gasteiger partial charge in [0.05, 0.1) is 14.2 Å². The Balaban J connectivity index is 3.16. The number of benzene rings is 1. The van der Waals surface area contributed by atoms with Crippen LogP contribution < -0.4 is 15.2 Å². The molecule has 0 bridgehead atoms. The van der Waals surface area contributed by atoms with Gasteiger partial charge in [-0.3, -0.25) is 0 Å². The van der Waals surface area contributed by atoms with Gasteiger partial charge in [0.15, 0.2) is 11.5 Å². The van der Waals surface area contributed by atoms with Crippen LogP contribution in [0.4, 0.5) is 0 Å². The molecule has 0 fully saturated rings. The van der Waals surface area contributed by atoms with E-state index in [4.69, 9.17) is 15.2 Å². The zero-order valence-corrected chi connectivity index (χ0v) is 10.8. The Labute approximate surface area is 98.7 Å². The van der Waals surface area contributed by atoms with Crippen LogP contribution in [-0.2, 0) is 6.42 Å². The van der Waals surface area contributed by atoms with Gasteiger partial charge < -0.3 is 15.2 Å². The number of rotatable bonds is 4. The molecule has 0 amide bonds. The fourth-order valence-corrected chi connectivity index (χ4v) is 1.99. The Hall–Kier alpha value is -0.740. The lowest BCUT2D eigenvalue weighted by Gasteiger charge is -2.14. The third-order valence-corrected chi connectivity index (χ3v) is 2.52. The van der Waals surface area contributed by atoms with Crippen molar-refractivity contribution in [2.75, 3.05) is 14.2 Å². The minimum absolute atomic E-state index is 0.0953. The second-order valence-electron chi connectivity index (χ2n) is 3.48. The van der Waals surface area contributed by atoms with Crippen LogP contribution in [0.1, 0.15) is 12.5 Å². The van der Waals surface area contributed by atoms with Crippen LogP contribution >= 0.6 is 15.9 Å². The van der Waals surface area contributed by atoms with Gasteiger partial charge in [0.2, 0.25) is 0 Å². The average molecular weight is 274 g/mol. The first-order chi connectivity index (χ1) is 7.08. The molecule has 4 heteroatoms.